The molecule has 0 atom stereocenters. The van der Waals surface area contributed by atoms with E-state index in [1.807, 2.05) is 5.32 Å². The van der Waals surface area contributed by atoms with Crippen LogP contribution in [0.4, 0.5) is 18.9 Å². The lowest BCUT2D eigenvalue weighted by atomic mass is 10.1. The van der Waals surface area contributed by atoms with Crippen LogP contribution in [0.1, 0.15) is 11.3 Å². The molecule has 1 aromatic heterocycles. The molecule has 2 amide bonds. The van der Waals surface area contributed by atoms with E-state index in [1.54, 1.807) is 18.2 Å². The third kappa shape index (κ3) is 4.69. The highest BCUT2D eigenvalue weighted by molar-refractivity contribution is 6.39. The lowest BCUT2D eigenvalue weighted by Crippen LogP contribution is -2.35. The number of carbonyl (C=O) groups excluding carboxylic acids is 2. The number of hydrogen-bond acceptors (Lipinski definition) is 3. The maximum Gasteiger partial charge on any atom is 0.418 e. The average Bonchev–Trinajstić information content (AvgIpc) is 2.54. The summed E-state index contributed by atoms with van der Waals surface area (Å²) in [5.41, 5.74) is -1.19. The van der Waals surface area contributed by atoms with E-state index >= 15 is 0 Å². The van der Waals surface area contributed by atoms with Gasteiger partial charge in [0.15, 0.2) is 0 Å². The Hall–Kier alpha value is -2.61. The number of halogens is 4. The topological polar surface area (TPSA) is 71.1 Å². The van der Waals surface area contributed by atoms with E-state index < -0.39 is 29.2 Å². The van der Waals surface area contributed by atoms with Gasteiger partial charge in [0.1, 0.15) is 0 Å². The number of anilines is 1. The minimum Gasteiger partial charge on any atom is -0.342 e. The molecular formula is C15H11ClF3N3O2. The zero-order chi connectivity index (χ0) is 17.7. The number of pyridine rings is 1. The number of benzene rings is 1. The van der Waals surface area contributed by atoms with E-state index in [9.17, 15) is 22.8 Å². The van der Waals surface area contributed by atoms with Crippen molar-refractivity contribution in [1.82, 2.24) is 10.3 Å². The number of hydrogen-bond donors (Lipinski definition) is 2. The van der Waals surface area contributed by atoms with Crippen molar-refractivity contribution in [3.63, 3.8) is 0 Å². The number of aromatic nitrogens is 1. The Kier molecular flexibility index (Phi) is 5.40. The van der Waals surface area contributed by atoms with Crippen LogP contribution in [0, 0.1) is 0 Å². The molecule has 24 heavy (non-hydrogen) atoms. The predicted octanol–water partition coefficient (Wildman–Crippen LogP) is 3.01. The summed E-state index contributed by atoms with van der Waals surface area (Å²) in [4.78, 5) is 27.4. The van der Waals surface area contributed by atoms with E-state index in [-0.39, 0.29) is 11.6 Å². The Morgan fingerprint density at radius 2 is 1.88 bits per heavy atom. The minimum absolute atomic E-state index is 0.0279. The molecule has 2 N–H and O–H groups in total. The van der Waals surface area contributed by atoms with Crippen molar-refractivity contribution in [3.8, 4) is 0 Å². The number of nitrogens with one attached hydrogen (secondary N) is 2. The summed E-state index contributed by atoms with van der Waals surface area (Å²) in [7, 11) is 0. The molecule has 0 aliphatic carbocycles. The fourth-order valence-electron chi connectivity index (χ4n) is 1.79. The van der Waals surface area contributed by atoms with E-state index in [2.05, 4.69) is 10.3 Å². The largest absolute Gasteiger partial charge is 0.418 e. The minimum atomic E-state index is -4.72. The van der Waals surface area contributed by atoms with Crippen LogP contribution in [0.25, 0.3) is 0 Å². The Morgan fingerprint density at radius 1 is 1.12 bits per heavy atom. The second-order valence-corrected chi connectivity index (χ2v) is 5.08. The molecule has 2 aromatic rings. The monoisotopic (exact) mass is 357 g/mol. The van der Waals surface area contributed by atoms with Crippen LogP contribution in [-0.4, -0.2) is 16.8 Å². The smallest absolute Gasteiger partial charge is 0.342 e. The maximum absolute atomic E-state index is 12.9. The molecule has 0 aliphatic heterocycles. The van der Waals surface area contributed by atoms with Crippen LogP contribution < -0.4 is 10.6 Å². The van der Waals surface area contributed by atoms with E-state index in [0.29, 0.717) is 11.8 Å². The van der Waals surface area contributed by atoms with E-state index in [4.69, 9.17) is 11.6 Å². The first-order valence-electron chi connectivity index (χ1n) is 6.63. The van der Waals surface area contributed by atoms with Gasteiger partial charge in [-0.25, -0.2) is 0 Å². The van der Waals surface area contributed by atoms with Crippen LogP contribution in [-0.2, 0) is 22.3 Å². The Morgan fingerprint density at radius 3 is 2.50 bits per heavy atom. The average molecular weight is 358 g/mol. The second-order valence-electron chi connectivity index (χ2n) is 4.65. The highest BCUT2D eigenvalue weighted by Crippen LogP contribution is 2.36. The van der Waals surface area contributed by atoms with Crippen LogP contribution in [0.5, 0.6) is 0 Å². The molecule has 126 valence electrons. The quantitative estimate of drug-likeness (QED) is 0.829. The molecule has 0 unspecified atom stereocenters. The first-order valence-corrected chi connectivity index (χ1v) is 7.01. The summed E-state index contributed by atoms with van der Waals surface area (Å²) in [6.07, 6.45) is -3.22. The van der Waals surface area contributed by atoms with Gasteiger partial charge in [-0.05, 0) is 30.3 Å². The number of amides is 2. The number of carbonyl (C=O) groups is 2. The molecule has 0 aliphatic rings. The van der Waals surface area contributed by atoms with Crippen molar-refractivity contribution in [2.24, 2.45) is 0 Å². The van der Waals surface area contributed by atoms with Crippen molar-refractivity contribution in [2.45, 2.75) is 12.7 Å². The van der Waals surface area contributed by atoms with Crippen molar-refractivity contribution in [1.29, 1.82) is 0 Å². The van der Waals surface area contributed by atoms with Gasteiger partial charge in [-0.2, -0.15) is 13.2 Å². The molecule has 0 radical (unpaired) electrons. The molecule has 0 fully saturated rings. The third-order valence-corrected chi connectivity index (χ3v) is 3.13. The molecule has 0 saturated heterocycles. The Balaban J connectivity index is 2.05. The fraction of sp³-hybridized carbons (Fsp3) is 0.133. The fourth-order valence-corrected chi connectivity index (χ4v) is 1.96. The van der Waals surface area contributed by atoms with Gasteiger partial charge in [-0.3, -0.25) is 14.6 Å². The highest BCUT2D eigenvalue weighted by Gasteiger charge is 2.34. The molecule has 0 saturated carbocycles. The van der Waals surface area contributed by atoms with Gasteiger partial charge >= 0.3 is 18.0 Å². The van der Waals surface area contributed by atoms with Gasteiger partial charge in [0.25, 0.3) is 0 Å². The number of alkyl halides is 3. The van der Waals surface area contributed by atoms with Gasteiger partial charge in [0.2, 0.25) is 0 Å². The SMILES string of the molecule is O=C(NCc1ccccn1)C(=O)Nc1ccc(Cl)cc1C(F)(F)F. The summed E-state index contributed by atoms with van der Waals surface area (Å²) >= 11 is 5.54. The first-order chi connectivity index (χ1) is 11.3. The second kappa shape index (κ2) is 7.31. The van der Waals surface area contributed by atoms with Crippen molar-refractivity contribution in [2.75, 3.05) is 5.32 Å². The van der Waals surface area contributed by atoms with Crippen molar-refractivity contribution < 1.29 is 22.8 Å². The summed E-state index contributed by atoms with van der Waals surface area (Å²) < 4.78 is 38.8. The third-order valence-electron chi connectivity index (χ3n) is 2.90. The van der Waals surface area contributed by atoms with E-state index in [1.165, 1.54) is 12.3 Å². The van der Waals surface area contributed by atoms with Gasteiger partial charge in [-0.1, -0.05) is 17.7 Å². The van der Waals surface area contributed by atoms with Gasteiger partial charge in [-0.15, -0.1) is 0 Å². The normalized spacial score (nSPS) is 11.0. The van der Waals surface area contributed by atoms with E-state index in [0.717, 1.165) is 6.07 Å². The van der Waals surface area contributed by atoms with Gasteiger partial charge < -0.3 is 10.6 Å². The molecule has 2 rings (SSSR count). The van der Waals surface area contributed by atoms with Crippen LogP contribution in [0.2, 0.25) is 5.02 Å². The summed E-state index contributed by atoms with van der Waals surface area (Å²) in [6, 6.07) is 7.82. The van der Waals surface area contributed by atoms with Crippen LogP contribution in [0.15, 0.2) is 42.6 Å². The summed E-state index contributed by atoms with van der Waals surface area (Å²) in [5.74, 6) is -2.30. The molecule has 0 bridgehead atoms. The molecule has 5 nitrogen and oxygen atoms in total. The number of rotatable bonds is 3. The molecule has 1 heterocycles. The molecule has 1 aromatic carbocycles. The maximum atomic E-state index is 12.9. The Bertz CT molecular complexity index is 751. The first kappa shape index (κ1) is 17.7. The van der Waals surface area contributed by atoms with Crippen LogP contribution in [0.3, 0.4) is 0 Å². The highest BCUT2D eigenvalue weighted by atomic mass is 35.5. The van der Waals surface area contributed by atoms with Crippen molar-refractivity contribution >= 4 is 29.1 Å². The standard InChI is InChI=1S/C15H11ClF3N3O2/c16-9-4-5-12(11(7-9)15(17,18)19)22-14(24)13(23)21-8-10-3-1-2-6-20-10/h1-7H,8H2,(H,21,23)(H,22,24). The lowest BCUT2D eigenvalue weighted by Gasteiger charge is -2.14. The van der Waals surface area contributed by atoms with Crippen LogP contribution >= 0.6 is 11.6 Å². The number of nitrogens with zero attached hydrogens (tertiary/aromatic N) is 1. The zero-order valence-electron chi connectivity index (χ0n) is 12.0. The molecule has 9 heteroatoms. The molecule has 0 spiro atoms. The van der Waals surface area contributed by atoms with Gasteiger partial charge in [0, 0.05) is 11.2 Å². The summed E-state index contributed by atoms with van der Waals surface area (Å²) in [6.45, 7) is -0.0279. The Labute approximate surface area is 139 Å². The zero-order valence-corrected chi connectivity index (χ0v) is 12.8. The molecular weight excluding hydrogens is 347 g/mol. The van der Waals surface area contributed by atoms with Crippen molar-refractivity contribution in [3.05, 3.63) is 58.9 Å². The predicted molar refractivity (Wildman–Crippen MR) is 81.2 cm³/mol. The lowest BCUT2D eigenvalue weighted by molar-refractivity contribution is -0.138. The van der Waals surface area contributed by atoms with Gasteiger partial charge in [0.05, 0.1) is 23.5 Å². The summed E-state index contributed by atoms with van der Waals surface area (Å²) in [5, 5.41) is 4.06.